The summed E-state index contributed by atoms with van der Waals surface area (Å²) >= 11 is 0. The summed E-state index contributed by atoms with van der Waals surface area (Å²) in [7, 11) is 0. The topological polar surface area (TPSA) is 72.0 Å². The van der Waals surface area contributed by atoms with Crippen LogP contribution in [0.3, 0.4) is 0 Å². The fourth-order valence-corrected chi connectivity index (χ4v) is 1.39. The average Bonchev–Trinajstić information content (AvgIpc) is 2.53. The molecule has 1 saturated heterocycles. The predicted octanol–water partition coefficient (Wildman–Crippen LogP) is 0.357. The van der Waals surface area contributed by atoms with Crippen LogP contribution in [0.5, 0.6) is 0 Å². The molecule has 0 bridgehead atoms. The Morgan fingerprint density at radius 2 is 2.08 bits per heavy atom. The van der Waals surface area contributed by atoms with Gasteiger partial charge in [0, 0.05) is 17.8 Å². The summed E-state index contributed by atoms with van der Waals surface area (Å²) in [6.45, 7) is 0. The van der Waals surface area contributed by atoms with E-state index >= 15 is 0 Å². The van der Waals surface area contributed by atoms with Crippen molar-refractivity contribution >= 4 is 11.9 Å². The molecule has 0 saturated carbocycles. The number of carbonyl (C=O) groups excluding carboxylic acids is 2. The smallest absolute Gasteiger partial charge is 0.314 e. The number of nitrogens with one attached hydrogen (secondary N) is 1. The number of hydrogen-bond acceptors (Lipinski definition) is 4. The number of aromatic nitrogens is 2. The Balaban J connectivity index is 2.16. The molecule has 0 unspecified atom stereocenters. The van der Waals surface area contributed by atoms with Gasteiger partial charge in [-0.2, -0.15) is 0 Å². The van der Waals surface area contributed by atoms with E-state index in [4.69, 9.17) is 0 Å². The molecule has 1 N–H and O–H groups in total. The van der Waals surface area contributed by atoms with Gasteiger partial charge in [-0.1, -0.05) is 0 Å². The van der Waals surface area contributed by atoms with Gasteiger partial charge in [0.05, 0.1) is 19.2 Å². The van der Waals surface area contributed by atoms with Crippen molar-refractivity contribution in [1.82, 2.24) is 9.97 Å². The lowest BCUT2D eigenvalue weighted by atomic mass is 9.96. The Morgan fingerprint density at radius 3 is 2.62 bits per heavy atom. The van der Waals surface area contributed by atoms with Crippen LogP contribution in [0.1, 0.15) is 24.5 Å². The first-order valence-corrected chi connectivity index (χ1v) is 3.97. The standard InChI is InChI=1S/C8H8N2O3/c11-7-1-5(2-8(12)13-7)6-3-9-4-10-6/h3-5H,1-2H2,(H,9,10). The van der Waals surface area contributed by atoms with E-state index in [0.29, 0.717) is 0 Å². The van der Waals surface area contributed by atoms with E-state index < -0.39 is 11.9 Å². The second-order valence-corrected chi connectivity index (χ2v) is 2.96. The fourth-order valence-electron chi connectivity index (χ4n) is 1.39. The molecule has 0 radical (unpaired) electrons. The molecule has 1 aliphatic rings. The van der Waals surface area contributed by atoms with Gasteiger partial charge in [0.1, 0.15) is 0 Å². The largest absolute Gasteiger partial charge is 0.393 e. The van der Waals surface area contributed by atoms with Crippen LogP contribution in [-0.2, 0) is 14.3 Å². The molecule has 68 valence electrons. The van der Waals surface area contributed by atoms with Gasteiger partial charge < -0.3 is 9.72 Å². The Hall–Kier alpha value is -1.65. The zero-order valence-electron chi connectivity index (χ0n) is 6.82. The lowest BCUT2D eigenvalue weighted by Crippen LogP contribution is -2.24. The Morgan fingerprint density at radius 1 is 1.38 bits per heavy atom. The van der Waals surface area contributed by atoms with E-state index in [1.54, 1.807) is 6.20 Å². The van der Waals surface area contributed by atoms with Crippen molar-refractivity contribution in [3.05, 3.63) is 18.2 Å². The number of hydrogen-bond donors (Lipinski definition) is 1. The van der Waals surface area contributed by atoms with Crippen LogP contribution in [0.2, 0.25) is 0 Å². The number of imidazole rings is 1. The normalized spacial score (nSPS) is 18.8. The van der Waals surface area contributed by atoms with Crippen molar-refractivity contribution in [1.29, 1.82) is 0 Å². The van der Waals surface area contributed by atoms with E-state index in [1.807, 2.05) is 0 Å². The SMILES string of the molecule is O=C1CC(c2cnc[nH]2)CC(=O)O1. The number of H-pyrrole nitrogens is 1. The molecule has 0 spiro atoms. The van der Waals surface area contributed by atoms with E-state index in [0.717, 1.165) is 5.69 Å². The molecule has 2 rings (SSSR count). The number of aromatic amines is 1. The molecule has 0 aromatic carbocycles. The van der Waals surface area contributed by atoms with Crippen LogP contribution in [0.15, 0.2) is 12.5 Å². The van der Waals surface area contributed by atoms with Gasteiger partial charge in [-0.15, -0.1) is 0 Å². The summed E-state index contributed by atoms with van der Waals surface area (Å²) in [6, 6.07) is 0. The maximum atomic E-state index is 10.9. The van der Waals surface area contributed by atoms with E-state index in [9.17, 15) is 9.59 Å². The molecule has 1 fully saturated rings. The maximum absolute atomic E-state index is 10.9. The van der Waals surface area contributed by atoms with Gasteiger partial charge in [-0.3, -0.25) is 9.59 Å². The van der Waals surface area contributed by atoms with Crippen molar-refractivity contribution in [2.24, 2.45) is 0 Å². The number of esters is 2. The number of nitrogens with zero attached hydrogens (tertiary/aromatic N) is 1. The molecular weight excluding hydrogens is 172 g/mol. The van der Waals surface area contributed by atoms with Gasteiger partial charge in [0.25, 0.3) is 0 Å². The average molecular weight is 180 g/mol. The van der Waals surface area contributed by atoms with Crippen molar-refractivity contribution < 1.29 is 14.3 Å². The number of rotatable bonds is 1. The second-order valence-electron chi connectivity index (χ2n) is 2.96. The Kier molecular flexibility index (Phi) is 1.84. The van der Waals surface area contributed by atoms with Crippen molar-refractivity contribution in [3.63, 3.8) is 0 Å². The molecular formula is C8H8N2O3. The van der Waals surface area contributed by atoms with Crippen LogP contribution < -0.4 is 0 Å². The first kappa shape index (κ1) is 7.97. The van der Waals surface area contributed by atoms with Crippen LogP contribution in [0.25, 0.3) is 0 Å². The van der Waals surface area contributed by atoms with E-state index in [-0.39, 0.29) is 18.8 Å². The highest BCUT2D eigenvalue weighted by molar-refractivity contribution is 5.89. The van der Waals surface area contributed by atoms with Gasteiger partial charge in [0.2, 0.25) is 0 Å². The number of ether oxygens (including phenoxy) is 1. The molecule has 13 heavy (non-hydrogen) atoms. The van der Waals surface area contributed by atoms with Gasteiger partial charge in [-0.25, -0.2) is 4.98 Å². The molecule has 5 nitrogen and oxygen atoms in total. The minimum atomic E-state index is -0.462. The third-order valence-electron chi connectivity index (χ3n) is 2.01. The third-order valence-corrected chi connectivity index (χ3v) is 2.01. The third kappa shape index (κ3) is 1.58. The lowest BCUT2D eigenvalue weighted by Gasteiger charge is -2.17. The zero-order valence-corrected chi connectivity index (χ0v) is 6.82. The highest BCUT2D eigenvalue weighted by atomic mass is 16.6. The van der Waals surface area contributed by atoms with Crippen molar-refractivity contribution in [2.45, 2.75) is 18.8 Å². The lowest BCUT2D eigenvalue weighted by molar-refractivity contribution is -0.164. The first-order valence-electron chi connectivity index (χ1n) is 3.97. The summed E-state index contributed by atoms with van der Waals surface area (Å²) in [5, 5.41) is 0. The summed E-state index contributed by atoms with van der Waals surface area (Å²) in [6.07, 6.45) is 3.64. The summed E-state index contributed by atoms with van der Waals surface area (Å²) in [4.78, 5) is 28.5. The highest BCUT2D eigenvalue weighted by Gasteiger charge is 2.28. The molecule has 0 aliphatic carbocycles. The zero-order chi connectivity index (χ0) is 9.26. The summed E-state index contributed by atoms with van der Waals surface area (Å²) in [5.74, 6) is -1.03. The van der Waals surface area contributed by atoms with Gasteiger partial charge in [-0.05, 0) is 0 Å². The molecule has 0 atom stereocenters. The molecule has 5 heteroatoms. The summed E-state index contributed by atoms with van der Waals surface area (Å²) < 4.78 is 4.40. The molecule has 1 aromatic rings. The monoisotopic (exact) mass is 180 g/mol. The molecule has 2 heterocycles. The van der Waals surface area contributed by atoms with Crippen LogP contribution >= 0.6 is 0 Å². The van der Waals surface area contributed by atoms with Crippen LogP contribution in [-0.4, -0.2) is 21.9 Å². The predicted molar refractivity (Wildman–Crippen MR) is 41.7 cm³/mol. The summed E-state index contributed by atoms with van der Waals surface area (Å²) in [5.41, 5.74) is 0.810. The molecule has 0 amide bonds. The number of carbonyl (C=O) groups is 2. The van der Waals surface area contributed by atoms with Gasteiger partial charge in [0.15, 0.2) is 0 Å². The quantitative estimate of drug-likeness (QED) is 0.500. The fraction of sp³-hybridized carbons (Fsp3) is 0.375. The van der Waals surface area contributed by atoms with Crippen LogP contribution in [0.4, 0.5) is 0 Å². The Labute approximate surface area is 74.1 Å². The van der Waals surface area contributed by atoms with Crippen LogP contribution in [0, 0.1) is 0 Å². The highest BCUT2D eigenvalue weighted by Crippen LogP contribution is 2.25. The van der Waals surface area contributed by atoms with E-state index in [2.05, 4.69) is 14.7 Å². The first-order chi connectivity index (χ1) is 6.25. The molecule has 1 aromatic heterocycles. The number of cyclic esters (lactones) is 2. The Bertz CT molecular complexity index is 315. The van der Waals surface area contributed by atoms with Crippen molar-refractivity contribution in [3.8, 4) is 0 Å². The maximum Gasteiger partial charge on any atom is 0.314 e. The van der Waals surface area contributed by atoms with Gasteiger partial charge >= 0.3 is 11.9 Å². The van der Waals surface area contributed by atoms with Crippen molar-refractivity contribution in [2.75, 3.05) is 0 Å². The molecule has 1 aliphatic heterocycles. The minimum Gasteiger partial charge on any atom is -0.393 e. The second kappa shape index (κ2) is 3.01. The van der Waals surface area contributed by atoms with E-state index in [1.165, 1.54) is 6.33 Å². The minimum absolute atomic E-state index is 0.101.